The summed E-state index contributed by atoms with van der Waals surface area (Å²) in [5, 5.41) is 0. The van der Waals surface area contributed by atoms with E-state index >= 15 is 0 Å². The quantitative estimate of drug-likeness (QED) is 0.795. The van der Waals surface area contributed by atoms with E-state index < -0.39 is 0 Å². The van der Waals surface area contributed by atoms with E-state index in [0.717, 1.165) is 28.3 Å². The molecule has 0 bridgehead atoms. The molecule has 2 aromatic carbocycles. The largest absolute Gasteiger partial charge is 0.325 e. The molecule has 104 valence electrons. The molecule has 0 saturated heterocycles. The molecule has 0 radical (unpaired) electrons. The third kappa shape index (κ3) is 2.98. The molecule has 0 unspecified atom stereocenters. The standard InChI is InChI=1S/C18H17N3/c1-13-6-5-9-15(10-13)18-20-16(12-19)11-17(21-18)14-7-3-2-4-8-14/h2-11H,12,19H2,1H3. The molecule has 2 N–H and O–H groups in total. The molecule has 0 aliphatic carbocycles. The van der Waals surface area contributed by atoms with E-state index in [4.69, 9.17) is 10.7 Å². The topological polar surface area (TPSA) is 51.8 Å². The van der Waals surface area contributed by atoms with Gasteiger partial charge in [0, 0.05) is 17.7 Å². The lowest BCUT2D eigenvalue weighted by molar-refractivity contribution is 0.971. The Morgan fingerprint density at radius 2 is 1.62 bits per heavy atom. The van der Waals surface area contributed by atoms with Crippen LogP contribution in [0.2, 0.25) is 0 Å². The van der Waals surface area contributed by atoms with E-state index in [9.17, 15) is 0 Å². The zero-order chi connectivity index (χ0) is 14.7. The number of rotatable bonds is 3. The summed E-state index contributed by atoms with van der Waals surface area (Å²) in [6.07, 6.45) is 0. The molecule has 0 saturated carbocycles. The summed E-state index contributed by atoms with van der Waals surface area (Å²) >= 11 is 0. The summed E-state index contributed by atoms with van der Waals surface area (Å²) in [4.78, 5) is 9.25. The fraction of sp³-hybridized carbons (Fsp3) is 0.111. The van der Waals surface area contributed by atoms with Crippen LogP contribution < -0.4 is 5.73 Å². The van der Waals surface area contributed by atoms with Crippen molar-refractivity contribution in [2.75, 3.05) is 0 Å². The van der Waals surface area contributed by atoms with Crippen LogP contribution in [-0.2, 0) is 6.54 Å². The molecule has 0 amide bonds. The molecule has 0 fully saturated rings. The van der Waals surface area contributed by atoms with Crippen molar-refractivity contribution in [1.82, 2.24) is 9.97 Å². The van der Waals surface area contributed by atoms with Crippen molar-refractivity contribution in [2.45, 2.75) is 13.5 Å². The van der Waals surface area contributed by atoms with E-state index in [0.29, 0.717) is 6.54 Å². The average Bonchev–Trinajstić information content (AvgIpc) is 2.55. The smallest absolute Gasteiger partial charge is 0.160 e. The van der Waals surface area contributed by atoms with Crippen molar-refractivity contribution in [3.63, 3.8) is 0 Å². The molecule has 3 aromatic rings. The highest BCUT2D eigenvalue weighted by molar-refractivity contribution is 5.64. The third-order valence-electron chi connectivity index (χ3n) is 3.33. The van der Waals surface area contributed by atoms with Gasteiger partial charge >= 0.3 is 0 Å². The molecule has 0 atom stereocenters. The fourth-order valence-corrected chi connectivity index (χ4v) is 2.27. The van der Waals surface area contributed by atoms with Crippen LogP contribution in [0.1, 0.15) is 11.3 Å². The van der Waals surface area contributed by atoms with Crippen molar-refractivity contribution in [3.8, 4) is 22.6 Å². The number of aromatic nitrogens is 2. The minimum absolute atomic E-state index is 0.404. The first kappa shape index (κ1) is 13.5. The summed E-state index contributed by atoms with van der Waals surface area (Å²) < 4.78 is 0. The first-order chi connectivity index (χ1) is 10.3. The molecule has 0 aliphatic heterocycles. The molecule has 21 heavy (non-hydrogen) atoms. The molecule has 0 spiro atoms. The van der Waals surface area contributed by atoms with Crippen LogP contribution in [0.3, 0.4) is 0 Å². The van der Waals surface area contributed by atoms with Crippen molar-refractivity contribution >= 4 is 0 Å². The second-order valence-electron chi connectivity index (χ2n) is 5.01. The van der Waals surface area contributed by atoms with Crippen LogP contribution in [0, 0.1) is 6.92 Å². The molecule has 3 rings (SSSR count). The van der Waals surface area contributed by atoms with Crippen LogP contribution in [0.25, 0.3) is 22.6 Å². The summed E-state index contributed by atoms with van der Waals surface area (Å²) in [7, 11) is 0. The second-order valence-corrected chi connectivity index (χ2v) is 5.01. The van der Waals surface area contributed by atoms with Gasteiger partial charge in [-0.2, -0.15) is 0 Å². The molecule has 3 heteroatoms. The number of benzene rings is 2. The lowest BCUT2D eigenvalue weighted by Crippen LogP contribution is -2.03. The Morgan fingerprint density at radius 1 is 0.857 bits per heavy atom. The van der Waals surface area contributed by atoms with Crippen LogP contribution >= 0.6 is 0 Å². The summed E-state index contributed by atoms with van der Waals surface area (Å²) in [5.74, 6) is 0.723. The van der Waals surface area contributed by atoms with Gasteiger partial charge in [-0.1, -0.05) is 54.1 Å². The lowest BCUT2D eigenvalue weighted by atomic mass is 10.1. The third-order valence-corrected chi connectivity index (χ3v) is 3.33. The number of hydrogen-bond acceptors (Lipinski definition) is 3. The van der Waals surface area contributed by atoms with Crippen LogP contribution in [-0.4, -0.2) is 9.97 Å². The highest BCUT2D eigenvalue weighted by Gasteiger charge is 2.08. The Morgan fingerprint density at radius 3 is 2.33 bits per heavy atom. The zero-order valence-electron chi connectivity index (χ0n) is 12.0. The fourth-order valence-electron chi connectivity index (χ4n) is 2.27. The Balaban J connectivity index is 2.14. The zero-order valence-corrected chi connectivity index (χ0v) is 12.0. The summed E-state index contributed by atoms with van der Waals surface area (Å²) in [5.41, 5.74) is 10.8. The summed E-state index contributed by atoms with van der Waals surface area (Å²) in [6.45, 7) is 2.47. The summed E-state index contributed by atoms with van der Waals surface area (Å²) in [6, 6.07) is 20.2. The van der Waals surface area contributed by atoms with Gasteiger partial charge in [-0.15, -0.1) is 0 Å². The van der Waals surface area contributed by atoms with Crippen LogP contribution in [0.5, 0.6) is 0 Å². The van der Waals surface area contributed by atoms with Crippen LogP contribution in [0.15, 0.2) is 60.7 Å². The van der Waals surface area contributed by atoms with Gasteiger partial charge in [0.1, 0.15) is 0 Å². The molecule has 0 aliphatic rings. The number of nitrogens with two attached hydrogens (primary N) is 1. The Hall–Kier alpha value is -2.52. The maximum atomic E-state index is 5.78. The molecular weight excluding hydrogens is 258 g/mol. The van der Waals surface area contributed by atoms with Gasteiger partial charge in [0.25, 0.3) is 0 Å². The lowest BCUT2D eigenvalue weighted by Gasteiger charge is -2.08. The Labute approximate surface area is 124 Å². The van der Waals surface area contributed by atoms with Crippen molar-refractivity contribution < 1.29 is 0 Å². The van der Waals surface area contributed by atoms with Gasteiger partial charge in [0.2, 0.25) is 0 Å². The van der Waals surface area contributed by atoms with Crippen molar-refractivity contribution in [1.29, 1.82) is 0 Å². The minimum atomic E-state index is 0.404. The monoisotopic (exact) mass is 275 g/mol. The first-order valence-electron chi connectivity index (χ1n) is 6.97. The maximum Gasteiger partial charge on any atom is 0.160 e. The average molecular weight is 275 g/mol. The van der Waals surface area contributed by atoms with Gasteiger partial charge in [0.15, 0.2) is 5.82 Å². The number of hydrogen-bond donors (Lipinski definition) is 1. The van der Waals surface area contributed by atoms with E-state index in [1.165, 1.54) is 5.56 Å². The van der Waals surface area contributed by atoms with Crippen LogP contribution in [0.4, 0.5) is 0 Å². The van der Waals surface area contributed by atoms with E-state index in [-0.39, 0.29) is 0 Å². The number of aryl methyl sites for hydroxylation is 1. The normalized spacial score (nSPS) is 10.6. The molecule has 1 aromatic heterocycles. The van der Waals surface area contributed by atoms with Crippen molar-refractivity contribution in [3.05, 3.63) is 71.9 Å². The number of nitrogens with zero attached hydrogens (tertiary/aromatic N) is 2. The Bertz CT molecular complexity index is 751. The highest BCUT2D eigenvalue weighted by Crippen LogP contribution is 2.22. The van der Waals surface area contributed by atoms with Crippen molar-refractivity contribution in [2.24, 2.45) is 5.73 Å². The first-order valence-corrected chi connectivity index (χ1v) is 6.97. The minimum Gasteiger partial charge on any atom is -0.325 e. The van der Waals surface area contributed by atoms with E-state index in [1.54, 1.807) is 0 Å². The SMILES string of the molecule is Cc1cccc(-c2nc(CN)cc(-c3ccccc3)n2)c1. The van der Waals surface area contributed by atoms with Gasteiger partial charge in [-0.25, -0.2) is 9.97 Å². The van der Waals surface area contributed by atoms with E-state index in [2.05, 4.69) is 24.0 Å². The predicted octanol–water partition coefficient (Wildman–Crippen LogP) is 3.58. The second kappa shape index (κ2) is 5.85. The molecule has 3 nitrogen and oxygen atoms in total. The maximum absolute atomic E-state index is 5.78. The Kier molecular flexibility index (Phi) is 3.75. The predicted molar refractivity (Wildman–Crippen MR) is 85.5 cm³/mol. The van der Waals surface area contributed by atoms with E-state index in [1.807, 2.05) is 48.5 Å². The van der Waals surface area contributed by atoms with Gasteiger partial charge < -0.3 is 5.73 Å². The van der Waals surface area contributed by atoms with Gasteiger partial charge in [-0.3, -0.25) is 0 Å². The molecule has 1 heterocycles. The highest BCUT2D eigenvalue weighted by atomic mass is 14.9. The van der Waals surface area contributed by atoms with Gasteiger partial charge in [-0.05, 0) is 19.1 Å². The van der Waals surface area contributed by atoms with Gasteiger partial charge in [0.05, 0.1) is 11.4 Å². The molecular formula is C18H17N3.